The summed E-state index contributed by atoms with van der Waals surface area (Å²) in [5.74, 6) is 0. The highest BCUT2D eigenvalue weighted by molar-refractivity contribution is 6.05. The topological polar surface area (TPSA) is 32.9 Å². The van der Waals surface area contributed by atoms with Gasteiger partial charge in [0.1, 0.15) is 0 Å². The molecule has 0 fully saturated rings. The van der Waals surface area contributed by atoms with Crippen molar-refractivity contribution in [3.8, 4) is 11.3 Å². The number of nitrogens with one attached hydrogen (secondary N) is 1. The fourth-order valence-electron chi connectivity index (χ4n) is 2.86. The maximum absolute atomic E-state index is 11.5. The van der Waals surface area contributed by atoms with E-state index in [0.29, 0.717) is 0 Å². The zero-order chi connectivity index (χ0) is 14.2. The maximum atomic E-state index is 11.5. The number of hydrogen-bond acceptors (Lipinski definition) is 1. The lowest BCUT2D eigenvalue weighted by atomic mass is 10.0. The van der Waals surface area contributed by atoms with Gasteiger partial charge in [-0.15, -0.1) is 0 Å². The van der Waals surface area contributed by atoms with Crippen molar-refractivity contribution >= 4 is 28.0 Å². The molecule has 0 atom stereocenters. The summed E-state index contributed by atoms with van der Waals surface area (Å²) in [7, 11) is 0. The molecule has 3 aromatic carbocycles. The molecule has 0 bridgehead atoms. The Morgan fingerprint density at radius 3 is 2.43 bits per heavy atom. The number of carbonyl (C=O) groups excluding carboxylic acids is 1. The molecule has 4 rings (SSSR count). The van der Waals surface area contributed by atoms with E-state index in [1.165, 1.54) is 10.8 Å². The van der Waals surface area contributed by atoms with E-state index in [1.807, 2.05) is 36.4 Å². The first-order valence-electron chi connectivity index (χ1n) is 6.92. The molecule has 0 unspecified atom stereocenters. The third-order valence-electron chi connectivity index (χ3n) is 3.90. The van der Waals surface area contributed by atoms with E-state index in [-0.39, 0.29) is 0 Å². The van der Waals surface area contributed by atoms with Crippen LogP contribution in [0.2, 0.25) is 0 Å². The van der Waals surface area contributed by atoms with Gasteiger partial charge in [0.05, 0.1) is 5.69 Å². The second-order valence-electron chi connectivity index (χ2n) is 5.14. The zero-order valence-corrected chi connectivity index (χ0v) is 11.3. The van der Waals surface area contributed by atoms with Crippen LogP contribution in [0.5, 0.6) is 0 Å². The first-order chi connectivity index (χ1) is 10.4. The molecule has 1 heterocycles. The average molecular weight is 271 g/mol. The average Bonchev–Trinajstić information content (AvgIpc) is 2.93. The molecule has 0 amide bonds. The van der Waals surface area contributed by atoms with Crippen molar-refractivity contribution in [3.63, 3.8) is 0 Å². The summed E-state index contributed by atoms with van der Waals surface area (Å²) in [5.41, 5.74) is 3.63. The molecule has 0 saturated heterocycles. The fourth-order valence-corrected chi connectivity index (χ4v) is 2.86. The third-order valence-corrected chi connectivity index (χ3v) is 3.90. The van der Waals surface area contributed by atoms with E-state index >= 15 is 0 Å². The summed E-state index contributed by atoms with van der Waals surface area (Å²) >= 11 is 0. The standard InChI is InChI=1S/C19H13NO/c21-12-17-16-7-3-4-8-18(16)20-19(17)15-10-9-13-5-1-2-6-14(13)11-15/h1-12,20H. The van der Waals surface area contributed by atoms with Crippen molar-refractivity contribution in [2.75, 3.05) is 0 Å². The summed E-state index contributed by atoms with van der Waals surface area (Å²) in [5, 5.41) is 3.34. The molecule has 0 aliphatic heterocycles. The summed E-state index contributed by atoms with van der Waals surface area (Å²) in [4.78, 5) is 14.9. The van der Waals surface area contributed by atoms with Crippen molar-refractivity contribution in [1.29, 1.82) is 0 Å². The minimum Gasteiger partial charge on any atom is -0.354 e. The smallest absolute Gasteiger partial charge is 0.152 e. The van der Waals surface area contributed by atoms with Crippen LogP contribution >= 0.6 is 0 Å². The Labute approximate surface area is 122 Å². The number of carbonyl (C=O) groups is 1. The molecule has 100 valence electrons. The Morgan fingerprint density at radius 2 is 1.57 bits per heavy atom. The number of para-hydroxylation sites is 1. The Hall–Kier alpha value is -2.87. The van der Waals surface area contributed by atoms with Gasteiger partial charge in [-0.1, -0.05) is 54.6 Å². The quantitative estimate of drug-likeness (QED) is 0.522. The van der Waals surface area contributed by atoms with Gasteiger partial charge < -0.3 is 4.98 Å². The van der Waals surface area contributed by atoms with Crippen LogP contribution in [0, 0.1) is 0 Å². The van der Waals surface area contributed by atoms with Crippen LogP contribution in [-0.4, -0.2) is 11.3 Å². The number of aromatic amines is 1. The van der Waals surface area contributed by atoms with E-state index in [4.69, 9.17) is 0 Å². The molecule has 2 heteroatoms. The predicted molar refractivity (Wildman–Crippen MR) is 86.6 cm³/mol. The first-order valence-corrected chi connectivity index (χ1v) is 6.92. The summed E-state index contributed by atoms with van der Waals surface area (Å²) in [6, 6.07) is 22.4. The number of aldehydes is 1. The first kappa shape index (κ1) is 11.9. The predicted octanol–water partition coefficient (Wildman–Crippen LogP) is 4.80. The number of H-pyrrole nitrogens is 1. The second kappa shape index (κ2) is 4.60. The summed E-state index contributed by atoms with van der Waals surface area (Å²) in [6.07, 6.45) is 0.934. The van der Waals surface area contributed by atoms with Gasteiger partial charge in [0.15, 0.2) is 6.29 Å². The molecule has 2 nitrogen and oxygen atoms in total. The fraction of sp³-hybridized carbons (Fsp3) is 0. The van der Waals surface area contributed by atoms with E-state index in [0.717, 1.165) is 34.0 Å². The number of fused-ring (bicyclic) bond motifs is 2. The molecular weight excluding hydrogens is 258 g/mol. The van der Waals surface area contributed by atoms with Crippen LogP contribution in [0.15, 0.2) is 66.7 Å². The van der Waals surface area contributed by atoms with Crippen molar-refractivity contribution in [2.45, 2.75) is 0 Å². The molecule has 0 aliphatic carbocycles. The third kappa shape index (κ3) is 1.84. The van der Waals surface area contributed by atoms with Gasteiger partial charge in [-0.2, -0.15) is 0 Å². The van der Waals surface area contributed by atoms with Gasteiger partial charge in [0, 0.05) is 16.5 Å². The number of hydrogen-bond donors (Lipinski definition) is 1. The van der Waals surface area contributed by atoms with Crippen LogP contribution < -0.4 is 0 Å². The van der Waals surface area contributed by atoms with Crippen molar-refractivity contribution in [3.05, 3.63) is 72.3 Å². The van der Waals surface area contributed by atoms with Crippen LogP contribution in [0.4, 0.5) is 0 Å². The molecular formula is C19H13NO. The second-order valence-corrected chi connectivity index (χ2v) is 5.14. The largest absolute Gasteiger partial charge is 0.354 e. The summed E-state index contributed by atoms with van der Waals surface area (Å²) in [6.45, 7) is 0. The van der Waals surface area contributed by atoms with E-state index in [1.54, 1.807) is 0 Å². The highest BCUT2D eigenvalue weighted by atomic mass is 16.1. The minimum atomic E-state index is 0.723. The van der Waals surface area contributed by atoms with Crippen molar-refractivity contribution in [2.24, 2.45) is 0 Å². The van der Waals surface area contributed by atoms with Crippen LogP contribution in [-0.2, 0) is 0 Å². The Kier molecular flexibility index (Phi) is 2.61. The van der Waals surface area contributed by atoms with E-state index in [2.05, 4.69) is 35.3 Å². The number of benzene rings is 3. The monoisotopic (exact) mass is 271 g/mol. The highest BCUT2D eigenvalue weighted by Gasteiger charge is 2.12. The van der Waals surface area contributed by atoms with Gasteiger partial charge in [-0.3, -0.25) is 4.79 Å². The van der Waals surface area contributed by atoms with E-state index < -0.39 is 0 Å². The normalized spacial score (nSPS) is 11.0. The van der Waals surface area contributed by atoms with Crippen LogP contribution in [0.3, 0.4) is 0 Å². The van der Waals surface area contributed by atoms with Crippen LogP contribution in [0.25, 0.3) is 32.9 Å². The van der Waals surface area contributed by atoms with E-state index in [9.17, 15) is 4.79 Å². The van der Waals surface area contributed by atoms with Gasteiger partial charge in [-0.25, -0.2) is 0 Å². The molecule has 21 heavy (non-hydrogen) atoms. The van der Waals surface area contributed by atoms with Gasteiger partial charge in [0.25, 0.3) is 0 Å². The molecule has 1 N–H and O–H groups in total. The molecule has 1 aromatic heterocycles. The molecule has 0 saturated carbocycles. The lowest BCUT2D eigenvalue weighted by Gasteiger charge is -2.03. The molecule has 4 aromatic rings. The Morgan fingerprint density at radius 1 is 0.810 bits per heavy atom. The Bertz CT molecular complexity index is 966. The SMILES string of the molecule is O=Cc1c(-c2ccc3ccccc3c2)[nH]c2ccccc12. The van der Waals surface area contributed by atoms with Gasteiger partial charge >= 0.3 is 0 Å². The van der Waals surface area contributed by atoms with Crippen LogP contribution in [0.1, 0.15) is 10.4 Å². The molecule has 0 spiro atoms. The van der Waals surface area contributed by atoms with Gasteiger partial charge in [0.2, 0.25) is 0 Å². The number of aromatic nitrogens is 1. The maximum Gasteiger partial charge on any atom is 0.152 e. The highest BCUT2D eigenvalue weighted by Crippen LogP contribution is 2.30. The van der Waals surface area contributed by atoms with Gasteiger partial charge in [-0.05, 0) is 28.5 Å². The van der Waals surface area contributed by atoms with Crippen molar-refractivity contribution < 1.29 is 4.79 Å². The minimum absolute atomic E-state index is 0.723. The molecule has 0 radical (unpaired) electrons. The van der Waals surface area contributed by atoms with Crippen molar-refractivity contribution in [1.82, 2.24) is 4.98 Å². The summed E-state index contributed by atoms with van der Waals surface area (Å²) < 4.78 is 0. The number of rotatable bonds is 2. The lowest BCUT2D eigenvalue weighted by molar-refractivity contribution is 0.112. The Balaban J connectivity index is 2.01. The zero-order valence-electron chi connectivity index (χ0n) is 11.3. The lowest BCUT2D eigenvalue weighted by Crippen LogP contribution is -1.85. The molecule has 0 aliphatic rings.